The molecule has 2 rings (SSSR count). The first-order valence-electron chi connectivity index (χ1n) is 7.42. The van der Waals surface area contributed by atoms with Gasteiger partial charge in [-0.05, 0) is 42.6 Å². The maximum absolute atomic E-state index is 13.1. The minimum absolute atomic E-state index is 0.287. The fourth-order valence-electron chi connectivity index (χ4n) is 2.51. The number of nitrogens with one attached hydrogen (secondary N) is 1. The maximum atomic E-state index is 13.1. The van der Waals surface area contributed by atoms with Crippen LogP contribution in [0.5, 0.6) is 0 Å². The molecular formula is C18H21F2N. The normalized spacial score (nSPS) is 12.3. The molecule has 1 unspecified atom stereocenters. The Labute approximate surface area is 125 Å². The van der Waals surface area contributed by atoms with Gasteiger partial charge in [-0.2, -0.15) is 0 Å². The first-order valence-corrected chi connectivity index (χ1v) is 7.42. The highest BCUT2D eigenvalue weighted by Gasteiger charge is 2.09. The summed E-state index contributed by atoms with van der Waals surface area (Å²) in [6.45, 7) is 2.85. The van der Waals surface area contributed by atoms with Gasteiger partial charge in [0.25, 0.3) is 0 Å². The van der Waals surface area contributed by atoms with E-state index in [2.05, 4.69) is 24.4 Å². The van der Waals surface area contributed by atoms with Gasteiger partial charge in [0.1, 0.15) is 11.6 Å². The van der Waals surface area contributed by atoms with Gasteiger partial charge >= 0.3 is 0 Å². The van der Waals surface area contributed by atoms with Crippen molar-refractivity contribution in [2.24, 2.45) is 0 Å². The van der Waals surface area contributed by atoms with E-state index in [1.807, 2.05) is 18.2 Å². The van der Waals surface area contributed by atoms with E-state index in [-0.39, 0.29) is 6.04 Å². The standard InChI is InChI=1S/C18H21F2N/c1-2-6-18(15-7-4-3-5-8-15)21-10-9-14-11-16(19)13-17(20)12-14/h3-5,7-8,11-13,18,21H,2,6,9-10H2,1H3. The highest BCUT2D eigenvalue weighted by Crippen LogP contribution is 2.18. The number of hydrogen-bond donors (Lipinski definition) is 1. The topological polar surface area (TPSA) is 12.0 Å². The van der Waals surface area contributed by atoms with Crippen molar-refractivity contribution in [1.82, 2.24) is 5.32 Å². The molecule has 1 atom stereocenters. The number of hydrogen-bond acceptors (Lipinski definition) is 1. The molecular weight excluding hydrogens is 268 g/mol. The van der Waals surface area contributed by atoms with Crippen molar-refractivity contribution in [3.05, 3.63) is 71.3 Å². The number of rotatable bonds is 7. The van der Waals surface area contributed by atoms with Crippen LogP contribution in [-0.4, -0.2) is 6.54 Å². The SMILES string of the molecule is CCCC(NCCc1cc(F)cc(F)c1)c1ccccc1. The number of benzene rings is 2. The lowest BCUT2D eigenvalue weighted by molar-refractivity contribution is 0.496. The molecule has 3 heteroatoms. The largest absolute Gasteiger partial charge is 0.310 e. The quantitative estimate of drug-likeness (QED) is 0.783. The van der Waals surface area contributed by atoms with Crippen LogP contribution in [-0.2, 0) is 6.42 Å². The van der Waals surface area contributed by atoms with Crippen molar-refractivity contribution in [2.75, 3.05) is 6.54 Å². The second-order valence-corrected chi connectivity index (χ2v) is 5.23. The second kappa shape index (κ2) is 7.89. The molecule has 0 aliphatic heterocycles. The molecule has 0 aromatic heterocycles. The lowest BCUT2D eigenvalue weighted by Gasteiger charge is -2.18. The highest BCUT2D eigenvalue weighted by molar-refractivity contribution is 5.20. The van der Waals surface area contributed by atoms with Crippen LogP contribution in [0, 0.1) is 11.6 Å². The van der Waals surface area contributed by atoms with E-state index in [0.29, 0.717) is 18.5 Å². The van der Waals surface area contributed by atoms with Crippen molar-refractivity contribution in [1.29, 1.82) is 0 Å². The van der Waals surface area contributed by atoms with Crippen molar-refractivity contribution in [3.63, 3.8) is 0 Å². The van der Waals surface area contributed by atoms with E-state index in [0.717, 1.165) is 18.9 Å². The van der Waals surface area contributed by atoms with Crippen LogP contribution >= 0.6 is 0 Å². The summed E-state index contributed by atoms with van der Waals surface area (Å²) in [5.41, 5.74) is 1.94. The predicted molar refractivity (Wildman–Crippen MR) is 82.2 cm³/mol. The maximum Gasteiger partial charge on any atom is 0.126 e. The third kappa shape index (κ3) is 4.94. The summed E-state index contributed by atoms with van der Waals surface area (Å²) in [6.07, 6.45) is 2.74. The molecule has 112 valence electrons. The molecule has 1 N–H and O–H groups in total. The molecule has 0 heterocycles. The van der Waals surface area contributed by atoms with Crippen LogP contribution in [0.2, 0.25) is 0 Å². The summed E-state index contributed by atoms with van der Waals surface area (Å²) < 4.78 is 26.3. The molecule has 0 aliphatic rings. The van der Waals surface area contributed by atoms with E-state index < -0.39 is 11.6 Å². The van der Waals surface area contributed by atoms with Crippen LogP contribution in [0.3, 0.4) is 0 Å². The van der Waals surface area contributed by atoms with Gasteiger partial charge in [0.05, 0.1) is 0 Å². The molecule has 0 aliphatic carbocycles. The molecule has 1 nitrogen and oxygen atoms in total. The molecule has 0 fully saturated rings. The van der Waals surface area contributed by atoms with Crippen molar-refractivity contribution < 1.29 is 8.78 Å². The molecule has 0 spiro atoms. The summed E-state index contributed by atoms with van der Waals surface area (Å²) >= 11 is 0. The fraction of sp³-hybridized carbons (Fsp3) is 0.333. The Hall–Kier alpha value is -1.74. The lowest BCUT2D eigenvalue weighted by atomic mass is 10.0. The Morgan fingerprint density at radius 1 is 1.00 bits per heavy atom. The van der Waals surface area contributed by atoms with E-state index in [4.69, 9.17) is 0 Å². The first kappa shape index (κ1) is 15.6. The molecule has 0 radical (unpaired) electrons. The molecule has 2 aromatic carbocycles. The Bertz CT molecular complexity index is 534. The molecule has 0 amide bonds. The average molecular weight is 289 g/mol. The third-order valence-corrected chi connectivity index (χ3v) is 3.51. The van der Waals surface area contributed by atoms with E-state index >= 15 is 0 Å². The van der Waals surface area contributed by atoms with Crippen LogP contribution in [0.1, 0.15) is 36.9 Å². The van der Waals surface area contributed by atoms with Crippen LogP contribution < -0.4 is 5.32 Å². The van der Waals surface area contributed by atoms with Gasteiger partial charge in [-0.1, -0.05) is 43.7 Å². The minimum atomic E-state index is -0.516. The predicted octanol–water partition coefficient (Wildman–Crippen LogP) is 4.64. The molecule has 0 saturated heterocycles. The van der Waals surface area contributed by atoms with Crippen molar-refractivity contribution >= 4 is 0 Å². The molecule has 0 bridgehead atoms. The Balaban J connectivity index is 1.93. The summed E-state index contributed by atoms with van der Waals surface area (Å²) in [4.78, 5) is 0. The fourth-order valence-corrected chi connectivity index (χ4v) is 2.51. The average Bonchev–Trinajstić information content (AvgIpc) is 2.46. The molecule has 0 saturated carbocycles. The zero-order valence-electron chi connectivity index (χ0n) is 12.3. The van der Waals surface area contributed by atoms with Crippen molar-refractivity contribution in [2.45, 2.75) is 32.2 Å². The minimum Gasteiger partial charge on any atom is -0.310 e. The Kier molecular flexibility index (Phi) is 5.88. The molecule has 21 heavy (non-hydrogen) atoms. The molecule has 2 aromatic rings. The van der Waals surface area contributed by atoms with Gasteiger partial charge in [0.15, 0.2) is 0 Å². The number of halogens is 2. The monoisotopic (exact) mass is 289 g/mol. The van der Waals surface area contributed by atoms with Crippen LogP contribution in [0.4, 0.5) is 8.78 Å². The van der Waals surface area contributed by atoms with E-state index in [1.54, 1.807) is 0 Å². The van der Waals surface area contributed by atoms with E-state index in [1.165, 1.54) is 17.7 Å². The van der Waals surface area contributed by atoms with Crippen LogP contribution in [0.15, 0.2) is 48.5 Å². The zero-order chi connectivity index (χ0) is 15.1. The van der Waals surface area contributed by atoms with Crippen LogP contribution in [0.25, 0.3) is 0 Å². The summed E-state index contributed by atoms with van der Waals surface area (Å²) in [5, 5.41) is 3.48. The van der Waals surface area contributed by atoms with E-state index in [9.17, 15) is 8.78 Å². The first-order chi connectivity index (χ1) is 10.2. The third-order valence-electron chi connectivity index (χ3n) is 3.51. The zero-order valence-corrected chi connectivity index (χ0v) is 12.3. The second-order valence-electron chi connectivity index (χ2n) is 5.23. The van der Waals surface area contributed by atoms with Gasteiger partial charge in [0.2, 0.25) is 0 Å². The Morgan fingerprint density at radius 2 is 1.67 bits per heavy atom. The lowest BCUT2D eigenvalue weighted by Crippen LogP contribution is -2.23. The van der Waals surface area contributed by atoms with Gasteiger partial charge in [-0.15, -0.1) is 0 Å². The van der Waals surface area contributed by atoms with Gasteiger partial charge in [-0.3, -0.25) is 0 Å². The Morgan fingerprint density at radius 3 is 2.29 bits per heavy atom. The summed E-state index contributed by atoms with van der Waals surface area (Å²) in [6, 6.07) is 14.2. The summed E-state index contributed by atoms with van der Waals surface area (Å²) in [5.74, 6) is -1.03. The van der Waals surface area contributed by atoms with Crippen molar-refractivity contribution in [3.8, 4) is 0 Å². The van der Waals surface area contributed by atoms with Gasteiger partial charge < -0.3 is 5.32 Å². The smallest absolute Gasteiger partial charge is 0.126 e. The van der Waals surface area contributed by atoms with Gasteiger partial charge in [-0.25, -0.2) is 8.78 Å². The highest BCUT2D eigenvalue weighted by atomic mass is 19.1. The van der Waals surface area contributed by atoms with Gasteiger partial charge in [0, 0.05) is 12.1 Å². The summed E-state index contributed by atoms with van der Waals surface area (Å²) in [7, 11) is 0.